The highest BCUT2D eigenvalue weighted by Crippen LogP contribution is 2.27. The fourth-order valence-electron chi connectivity index (χ4n) is 3.60. The van der Waals surface area contributed by atoms with Crippen molar-refractivity contribution in [2.75, 3.05) is 5.32 Å². The molecule has 0 bridgehead atoms. The van der Waals surface area contributed by atoms with Gasteiger partial charge in [-0.3, -0.25) is 24.3 Å². The van der Waals surface area contributed by atoms with Gasteiger partial charge in [0.15, 0.2) is 0 Å². The molecule has 28 heavy (non-hydrogen) atoms. The van der Waals surface area contributed by atoms with Gasteiger partial charge in [-0.1, -0.05) is 24.3 Å². The summed E-state index contributed by atoms with van der Waals surface area (Å²) in [6, 6.07) is 13.2. The second kappa shape index (κ2) is 6.56. The summed E-state index contributed by atoms with van der Waals surface area (Å²) in [5, 5.41) is 3.78. The monoisotopic (exact) mass is 373 g/mol. The van der Waals surface area contributed by atoms with Gasteiger partial charge in [0.25, 0.3) is 11.8 Å². The number of imide groups is 1. The molecule has 0 spiro atoms. The van der Waals surface area contributed by atoms with Crippen molar-refractivity contribution >= 4 is 34.3 Å². The van der Waals surface area contributed by atoms with Crippen molar-refractivity contribution in [1.29, 1.82) is 0 Å². The van der Waals surface area contributed by atoms with Crippen LogP contribution in [0.5, 0.6) is 0 Å². The van der Waals surface area contributed by atoms with Crippen molar-refractivity contribution in [3.8, 4) is 0 Å². The number of carbonyl (C=O) groups excluding carboxylic acids is 3. The maximum absolute atomic E-state index is 12.9. The van der Waals surface area contributed by atoms with E-state index in [4.69, 9.17) is 0 Å². The van der Waals surface area contributed by atoms with Crippen LogP contribution in [0.3, 0.4) is 0 Å². The van der Waals surface area contributed by atoms with Crippen LogP contribution in [-0.4, -0.2) is 33.6 Å². The van der Waals surface area contributed by atoms with E-state index in [1.807, 2.05) is 32.0 Å². The van der Waals surface area contributed by atoms with Crippen molar-refractivity contribution in [2.24, 2.45) is 0 Å². The molecule has 140 valence electrons. The average Bonchev–Trinajstić information content (AvgIpc) is 2.93. The van der Waals surface area contributed by atoms with Crippen molar-refractivity contribution in [1.82, 2.24) is 9.88 Å². The lowest BCUT2D eigenvalue weighted by Gasteiger charge is -2.22. The Bertz CT molecular complexity index is 1120. The smallest absolute Gasteiger partial charge is 0.262 e. The van der Waals surface area contributed by atoms with E-state index in [2.05, 4.69) is 10.3 Å². The van der Waals surface area contributed by atoms with Crippen LogP contribution in [0.1, 0.15) is 38.9 Å². The van der Waals surface area contributed by atoms with E-state index in [9.17, 15) is 14.4 Å². The second-order valence-electron chi connectivity index (χ2n) is 6.97. The zero-order chi connectivity index (χ0) is 20.0. The van der Waals surface area contributed by atoms with E-state index in [0.717, 1.165) is 21.5 Å². The lowest BCUT2D eigenvalue weighted by molar-refractivity contribution is -0.119. The molecule has 3 aromatic rings. The number of rotatable bonds is 3. The van der Waals surface area contributed by atoms with Crippen molar-refractivity contribution < 1.29 is 14.4 Å². The normalized spacial score (nSPS) is 14.3. The molecule has 1 aliphatic heterocycles. The number of nitrogens with one attached hydrogen (secondary N) is 1. The van der Waals surface area contributed by atoms with Crippen LogP contribution in [0.25, 0.3) is 10.9 Å². The highest BCUT2D eigenvalue weighted by Gasteiger charge is 2.40. The second-order valence-corrected chi connectivity index (χ2v) is 6.97. The number of fused-ring (bicyclic) bond motifs is 2. The molecule has 6 nitrogen and oxygen atoms in total. The Morgan fingerprint density at radius 3 is 2.29 bits per heavy atom. The van der Waals surface area contributed by atoms with Crippen molar-refractivity contribution in [3.63, 3.8) is 0 Å². The standard InChI is InChI=1S/C22H19N3O3/c1-12-11-13(2)23-19-15(12)9-6-10-18(19)24-20(26)14(3)25-21(27)16-7-4-5-8-17(16)22(25)28/h4-11,14H,1-3H3,(H,24,26)/t14-/m1/s1. The molecule has 2 aromatic carbocycles. The number of hydrogen-bond acceptors (Lipinski definition) is 4. The van der Waals surface area contributed by atoms with E-state index < -0.39 is 23.8 Å². The maximum atomic E-state index is 12.9. The molecule has 3 amide bonds. The molecule has 0 aliphatic carbocycles. The Morgan fingerprint density at radius 2 is 1.64 bits per heavy atom. The summed E-state index contributed by atoms with van der Waals surface area (Å²) in [7, 11) is 0. The molecule has 0 saturated heterocycles. The van der Waals surface area contributed by atoms with Crippen molar-refractivity contribution in [3.05, 3.63) is 70.9 Å². The summed E-state index contributed by atoms with van der Waals surface area (Å²) in [6.07, 6.45) is 0. The third-order valence-electron chi connectivity index (χ3n) is 5.02. The van der Waals surface area contributed by atoms with Gasteiger partial charge in [0, 0.05) is 11.1 Å². The number of carbonyl (C=O) groups is 3. The summed E-state index contributed by atoms with van der Waals surface area (Å²) in [6.45, 7) is 5.43. The number of aromatic nitrogens is 1. The number of benzene rings is 2. The van der Waals surface area contributed by atoms with Gasteiger partial charge in [0.05, 0.1) is 22.3 Å². The summed E-state index contributed by atoms with van der Waals surface area (Å²) in [5.41, 5.74) is 3.79. The first kappa shape index (κ1) is 17.9. The molecular weight excluding hydrogens is 354 g/mol. The van der Waals surface area contributed by atoms with Gasteiger partial charge in [-0.2, -0.15) is 0 Å². The van der Waals surface area contributed by atoms with Gasteiger partial charge in [-0.15, -0.1) is 0 Å². The summed E-state index contributed by atoms with van der Waals surface area (Å²) < 4.78 is 0. The fourth-order valence-corrected chi connectivity index (χ4v) is 3.60. The molecule has 0 saturated carbocycles. The van der Waals surface area contributed by atoms with E-state index in [1.165, 1.54) is 0 Å². The Kier molecular flexibility index (Phi) is 4.19. The molecule has 0 radical (unpaired) electrons. The van der Waals surface area contributed by atoms with Crippen LogP contribution in [0.2, 0.25) is 0 Å². The first-order valence-electron chi connectivity index (χ1n) is 9.03. The van der Waals surface area contributed by atoms with Gasteiger partial charge in [0.2, 0.25) is 5.91 Å². The first-order chi connectivity index (χ1) is 13.4. The zero-order valence-corrected chi connectivity index (χ0v) is 15.8. The average molecular weight is 373 g/mol. The SMILES string of the molecule is Cc1cc(C)c2cccc(NC(=O)[C@@H](C)N3C(=O)c4ccccc4C3=O)c2n1. The molecule has 1 aliphatic rings. The third kappa shape index (κ3) is 2.74. The zero-order valence-electron chi connectivity index (χ0n) is 15.8. The quantitative estimate of drug-likeness (QED) is 0.713. The molecule has 6 heteroatoms. The van der Waals surface area contributed by atoms with Gasteiger partial charge in [-0.25, -0.2) is 0 Å². The Morgan fingerprint density at radius 1 is 1.00 bits per heavy atom. The number of amides is 3. The molecule has 0 fully saturated rings. The van der Waals surface area contributed by atoms with Crippen molar-refractivity contribution in [2.45, 2.75) is 26.8 Å². The summed E-state index contributed by atoms with van der Waals surface area (Å²) in [4.78, 5) is 43.7. The van der Waals surface area contributed by atoms with E-state index in [0.29, 0.717) is 22.3 Å². The highest BCUT2D eigenvalue weighted by molar-refractivity contribution is 6.23. The van der Waals surface area contributed by atoms with E-state index >= 15 is 0 Å². The van der Waals surface area contributed by atoms with Crippen LogP contribution in [0, 0.1) is 13.8 Å². The maximum Gasteiger partial charge on any atom is 0.262 e. The van der Waals surface area contributed by atoms with Crippen LogP contribution < -0.4 is 5.32 Å². The minimum atomic E-state index is -0.950. The molecule has 2 heterocycles. The molecule has 1 aromatic heterocycles. The minimum absolute atomic E-state index is 0.324. The van der Waals surface area contributed by atoms with Crippen LogP contribution in [0.15, 0.2) is 48.5 Å². The Labute approximate surface area is 162 Å². The third-order valence-corrected chi connectivity index (χ3v) is 5.02. The molecular formula is C22H19N3O3. The Hall–Kier alpha value is -3.54. The van der Waals surface area contributed by atoms with Gasteiger partial charge < -0.3 is 5.32 Å². The minimum Gasteiger partial charge on any atom is -0.322 e. The topological polar surface area (TPSA) is 79.4 Å². The molecule has 0 unspecified atom stereocenters. The molecule has 4 rings (SSSR count). The largest absolute Gasteiger partial charge is 0.322 e. The van der Waals surface area contributed by atoms with Crippen LogP contribution in [-0.2, 0) is 4.79 Å². The number of anilines is 1. The first-order valence-corrected chi connectivity index (χ1v) is 9.03. The Balaban J connectivity index is 1.64. The lowest BCUT2D eigenvalue weighted by Crippen LogP contribution is -2.45. The molecule has 1 atom stereocenters. The van der Waals surface area contributed by atoms with E-state index in [1.54, 1.807) is 37.3 Å². The van der Waals surface area contributed by atoms with Crippen LogP contribution in [0.4, 0.5) is 5.69 Å². The fraction of sp³-hybridized carbons (Fsp3) is 0.182. The number of nitrogens with zero attached hydrogens (tertiary/aromatic N) is 2. The summed E-state index contributed by atoms with van der Waals surface area (Å²) in [5.74, 6) is -1.35. The van der Waals surface area contributed by atoms with Gasteiger partial charge in [0.1, 0.15) is 6.04 Å². The van der Waals surface area contributed by atoms with Gasteiger partial charge in [-0.05, 0) is 50.6 Å². The lowest BCUT2D eigenvalue weighted by atomic mass is 10.1. The van der Waals surface area contributed by atoms with E-state index in [-0.39, 0.29) is 0 Å². The van der Waals surface area contributed by atoms with Gasteiger partial charge >= 0.3 is 0 Å². The number of para-hydroxylation sites is 1. The van der Waals surface area contributed by atoms with Crippen LogP contribution >= 0.6 is 0 Å². The molecule has 1 N–H and O–H groups in total. The predicted octanol–water partition coefficient (Wildman–Crippen LogP) is 3.47. The number of aryl methyl sites for hydroxylation is 2. The highest BCUT2D eigenvalue weighted by atomic mass is 16.2. The number of hydrogen-bond donors (Lipinski definition) is 1. The summed E-state index contributed by atoms with van der Waals surface area (Å²) >= 11 is 0. The predicted molar refractivity (Wildman–Crippen MR) is 106 cm³/mol. The number of pyridine rings is 1.